The van der Waals surface area contributed by atoms with Crippen molar-refractivity contribution in [1.82, 2.24) is 19.7 Å². The Morgan fingerprint density at radius 3 is 2.62 bits per heavy atom. The van der Waals surface area contributed by atoms with Crippen LogP contribution >= 0.6 is 23.2 Å². The minimum absolute atomic E-state index is 0.553. The summed E-state index contributed by atoms with van der Waals surface area (Å²) in [5, 5.41) is 11.3. The first-order valence-electron chi connectivity index (χ1n) is 9.75. The van der Waals surface area contributed by atoms with Crippen molar-refractivity contribution < 1.29 is 0 Å². The molecule has 0 aliphatic rings. The fourth-order valence-corrected chi connectivity index (χ4v) is 3.93. The lowest BCUT2D eigenvalue weighted by Crippen LogP contribution is -2.12. The quantitative estimate of drug-likeness (QED) is 0.424. The van der Waals surface area contributed by atoms with E-state index in [9.17, 15) is 0 Å². The SMILES string of the molecule is NCCCc1nnc(Cc2ccc(Cl)c(Cl)c2)n1CCc1c[nH]c2ccccc12. The average Bonchev–Trinajstić information content (AvgIpc) is 3.31. The lowest BCUT2D eigenvalue weighted by Gasteiger charge is -2.11. The van der Waals surface area contributed by atoms with Crippen LogP contribution in [0.3, 0.4) is 0 Å². The zero-order chi connectivity index (χ0) is 20.2. The topological polar surface area (TPSA) is 72.5 Å². The van der Waals surface area contributed by atoms with Gasteiger partial charge in [-0.05, 0) is 48.7 Å². The number of nitrogens with zero attached hydrogens (tertiary/aromatic N) is 3. The first-order chi connectivity index (χ1) is 14.2. The van der Waals surface area contributed by atoms with Gasteiger partial charge < -0.3 is 15.3 Å². The molecule has 0 atom stereocenters. The Bertz CT molecular complexity index is 1120. The Hall–Kier alpha value is -2.34. The summed E-state index contributed by atoms with van der Waals surface area (Å²) >= 11 is 12.2. The number of aryl methyl sites for hydroxylation is 2. The van der Waals surface area contributed by atoms with Crippen molar-refractivity contribution in [3.63, 3.8) is 0 Å². The summed E-state index contributed by atoms with van der Waals surface area (Å²) in [5.74, 6) is 1.90. The monoisotopic (exact) mass is 427 g/mol. The first kappa shape index (κ1) is 20.0. The van der Waals surface area contributed by atoms with Crippen LogP contribution in [-0.4, -0.2) is 26.3 Å². The molecule has 0 amide bonds. The maximum atomic E-state index is 6.19. The number of para-hydroxylation sites is 1. The van der Waals surface area contributed by atoms with Crippen molar-refractivity contribution in [2.75, 3.05) is 6.54 Å². The van der Waals surface area contributed by atoms with E-state index >= 15 is 0 Å². The third kappa shape index (κ3) is 4.47. The van der Waals surface area contributed by atoms with E-state index in [1.54, 1.807) is 0 Å². The van der Waals surface area contributed by atoms with Crippen molar-refractivity contribution >= 4 is 34.1 Å². The summed E-state index contributed by atoms with van der Waals surface area (Å²) in [6.45, 7) is 1.45. The number of rotatable bonds is 8. The van der Waals surface area contributed by atoms with Crippen LogP contribution in [0.5, 0.6) is 0 Å². The van der Waals surface area contributed by atoms with Crippen molar-refractivity contribution in [3.05, 3.63) is 81.5 Å². The molecular weight excluding hydrogens is 405 g/mol. The van der Waals surface area contributed by atoms with E-state index in [4.69, 9.17) is 28.9 Å². The van der Waals surface area contributed by atoms with Crippen molar-refractivity contribution in [2.24, 2.45) is 5.73 Å². The summed E-state index contributed by atoms with van der Waals surface area (Å²) in [6.07, 6.45) is 5.34. The third-order valence-corrected chi connectivity index (χ3v) is 5.87. The van der Waals surface area contributed by atoms with E-state index in [1.807, 2.05) is 24.3 Å². The van der Waals surface area contributed by atoms with Gasteiger partial charge in [0, 0.05) is 36.5 Å². The standard InChI is InChI=1S/C22H23Cl2N5/c23-18-8-7-15(12-19(18)24)13-22-28-27-21(6-3-10-25)29(22)11-9-16-14-26-20-5-2-1-4-17(16)20/h1-2,4-5,7-8,12,14,26H,3,6,9-11,13,25H2. The Morgan fingerprint density at radius 1 is 0.966 bits per heavy atom. The average molecular weight is 428 g/mol. The van der Waals surface area contributed by atoms with Gasteiger partial charge in [-0.15, -0.1) is 10.2 Å². The molecule has 2 aromatic carbocycles. The largest absolute Gasteiger partial charge is 0.361 e. The second-order valence-corrected chi connectivity index (χ2v) is 7.93. The molecule has 0 spiro atoms. The third-order valence-electron chi connectivity index (χ3n) is 5.13. The van der Waals surface area contributed by atoms with Crippen LogP contribution in [0.25, 0.3) is 10.9 Å². The number of nitrogens with one attached hydrogen (secondary N) is 1. The summed E-state index contributed by atoms with van der Waals surface area (Å²) in [5.41, 5.74) is 9.22. The number of nitrogens with two attached hydrogens (primary N) is 1. The maximum absolute atomic E-state index is 6.19. The summed E-state index contributed by atoms with van der Waals surface area (Å²) < 4.78 is 2.22. The molecule has 2 aromatic heterocycles. The van der Waals surface area contributed by atoms with Crippen LogP contribution in [-0.2, 0) is 25.8 Å². The number of H-pyrrole nitrogens is 1. The second kappa shape index (κ2) is 8.99. The normalized spacial score (nSPS) is 11.4. The van der Waals surface area contributed by atoms with Crippen molar-refractivity contribution in [1.29, 1.82) is 0 Å². The molecule has 0 saturated carbocycles. The van der Waals surface area contributed by atoms with Crippen molar-refractivity contribution in [3.8, 4) is 0 Å². The second-order valence-electron chi connectivity index (χ2n) is 7.11. The highest BCUT2D eigenvalue weighted by atomic mass is 35.5. The molecule has 7 heteroatoms. The van der Waals surface area contributed by atoms with Gasteiger partial charge in [0.05, 0.1) is 10.0 Å². The Kier molecular flexibility index (Phi) is 6.19. The molecule has 0 unspecified atom stereocenters. The highest BCUT2D eigenvalue weighted by molar-refractivity contribution is 6.42. The van der Waals surface area contributed by atoms with Crippen LogP contribution in [0.4, 0.5) is 0 Å². The van der Waals surface area contributed by atoms with E-state index in [0.717, 1.165) is 48.5 Å². The molecule has 4 aromatic rings. The number of hydrogen-bond acceptors (Lipinski definition) is 3. The number of aromatic nitrogens is 4. The van der Waals surface area contributed by atoms with Crippen LogP contribution in [0.1, 0.15) is 29.2 Å². The molecule has 0 saturated heterocycles. The van der Waals surface area contributed by atoms with Gasteiger partial charge in [0.1, 0.15) is 11.6 Å². The molecule has 2 heterocycles. The van der Waals surface area contributed by atoms with Gasteiger partial charge in [0.2, 0.25) is 0 Å². The van der Waals surface area contributed by atoms with Gasteiger partial charge in [-0.1, -0.05) is 47.5 Å². The zero-order valence-corrected chi connectivity index (χ0v) is 17.5. The fourth-order valence-electron chi connectivity index (χ4n) is 3.61. The number of fused-ring (bicyclic) bond motifs is 1. The molecule has 0 aliphatic carbocycles. The van der Waals surface area contributed by atoms with E-state index in [1.165, 1.54) is 10.9 Å². The fraction of sp³-hybridized carbons (Fsp3) is 0.273. The van der Waals surface area contributed by atoms with Crippen LogP contribution in [0.15, 0.2) is 48.7 Å². The van der Waals surface area contributed by atoms with E-state index in [-0.39, 0.29) is 0 Å². The maximum Gasteiger partial charge on any atom is 0.137 e. The molecule has 4 rings (SSSR count). The molecule has 150 valence electrons. The minimum atomic E-state index is 0.553. The highest BCUT2D eigenvalue weighted by Gasteiger charge is 2.14. The first-order valence-corrected chi connectivity index (χ1v) is 10.5. The Labute approximate surface area is 179 Å². The highest BCUT2D eigenvalue weighted by Crippen LogP contribution is 2.24. The molecule has 0 fully saturated rings. The van der Waals surface area contributed by atoms with E-state index in [0.29, 0.717) is 23.0 Å². The number of aromatic amines is 1. The Balaban J connectivity index is 1.59. The summed E-state index contributed by atoms with van der Waals surface area (Å²) in [7, 11) is 0. The lowest BCUT2D eigenvalue weighted by molar-refractivity contribution is 0.616. The predicted molar refractivity (Wildman–Crippen MR) is 119 cm³/mol. The van der Waals surface area contributed by atoms with Gasteiger partial charge in [-0.2, -0.15) is 0 Å². The van der Waals surface area contributed by atoms with Gasteiger partial charge in [-0.25, -0.2) is 0 Å². The minimum Gasteiger partial charge on any atom is -0.361 e. The number of hydrogen-bond donors (Lipinski definition) is 2. The number of halogens is 2. The van der Waals surface area contributed by atoms with Gasteiger partial charge in [0.15, 0.2) is 0 Å². The smallest absolute Gasteiger partial charge is 0.137 e. The molecule has 3 N–H and O–H groups in total. The van der Waals surface area contributed by atoms with E-state index in [2.05, 4.69) is 44.1 Å². The molecular formula is C22H23Cl2N5. The Morgan fingerprint density at radius 2 is 1.79 bits per heavy atom. The van der Waals surface area contributed by atoms with Gasteiger partial charge >= 0.3 is 0 Å². The van der Waals surface area contributed by atoms with E-state index < -0.39 is 0 Å². The van der Waals surface area contributed by atoms with Crippen LogP contribution in [0.2, 0.25) is 10.0 Å². The van der Waals surface area contributed by atoms with Crippen LogP contribution in [0, 0.1) is 0 Å². The lowest BCUT2D eigenvalue weighted by atomic mass is 10.1. The van der Waals surface area contributed by atoms with Gasteiger partial charge in [-0.3, -0.25) is 0 Å². The predicted octanol–water partition coefficient (Wildman–Crippen LogP) is 4.79. The number of benzene rings is 2. The zero-order valence-electron chi connectivity index (χ0n) is 16.0. The van der Waals surface area contributed by atoms with Crippen LogP contribution < -0.4 is 5.73 Å². The molecule has 0 aliphatic heterocycles. The summed E-state index contributed by atoms with van der Waals surface area (Å²) in [4.78, 5) is 3.35. The molecule has 5 nitrogen and oxygen atoms in total. The molecule has 0 radical (unpaired) electrons. The molecule has 29 heavy (non-hydrogen) atoms. The van der Waals surface area contributed by atoms with Crippen molar-refractivity contribution in [2.45, 2.75) is 32.2 Å². The van der Waals surface area contributed by atoms with Gasteiger partial charge in [0.25, 0.3) is 0 Å². The summed E-state index contributed by atoms with van der Waals surface area (Å²) in [6, 6.07) is 14.1. The molecule has 0 bridgehead atoms.